The average Bonchev–Trinajstić information content (AvgIpc) is 3.53. The minimum Gasteiger partial charge on any atom is -0.467 e. The maximum atomic E-state index is 13.3. The van der Waals surface area contributed by atoms with E-state index >= 15 is 0 Å². The molecule has 1 N–H and O–H groups in total. The molecule has 0 amide bonds. The first kappa shape index (κ1) is 19.6. The predicted molar refractivity (Wildman–Crippen MR) is 125 cm³/mol. The summed E-state index contributed by atoms with van der Waals surface area (Å²) < 4.78 is 9.31. The van der Waals surface area contributed by atoms with Crippen molar-refractivity contribution in [2.24, 2.45) is 7.05 Å². The minimum atomic E-state index is -0.147. The van der Waals surface area contributed by atoms with E-state index < -0.39 is 0 Å². The highest BCUT2D eigenvalue weighted by Crippen LogP contribution is 2.31. The molecule has 6 rings (SSSR count). The van der Waals surface area contributed by atoms with Crippen LogP contribution in [0.25, 0.3) is 32.2 Å². The van der Waals surface area contributed by atoms with Gasteiger partial charge in [0.2, 0.25) is 0 Å². The number of aryl methyl sites for hydroxylation is 1. The predicted octanol–water partition coefficient (Wildman–Crippen LogP) is 2.66. The largest absolute Gasteiger partial charge is 0.467 e. The molecule has 5 aromatic heterocycles. The number of nitrogens with zero attached hydrogens (tertiary/aromatic N) is 7. The number of aromatic amines is 1. The molecule has 0 bridgehead atoms. The zero-order valence-corrected chi connectivity index (χ0v) is 18.6. The van der Waals surface area contributed by atoms with Gasteiger partial charge in [-0.3, -0.25) is 9.89 Å². The molecule has 0 aliphatic rings. The van der Waals surface area contributed by atoms with Crippen molar-refractivity contribution >= 4 is 43.5 Å². The van der Waals surface area contributed by atoms with Crippen molar-refractivity contribution in [2.75, 3.05) is 7.11 Å². The van der Waals surface area contributed by atoms with Crippen LogP contribution in [0.2, 0.25) is 0 Å². The van der Waals surface area contributed by atoms with Gasteiger partial charge < -0.3 is 9.30 Å². The van der Waals surface area contributed by atoms with Crippen LogP contribution in [0.3, 0.4) is 0 Å². The lowest BCUT2D eigenvalue weighted by Gasteiger charge is -2.07. The van der Waals surface area contributed by atoms with Gasteiger partial charge >= 0.3 is 6.01 Å². The Morgan fingerprint density at radius 1 is 1.12 bits per heavy atom. The van der Waals surface area contributed by atoms with Crippen LogP contribution in [-0.4, -0.2) is 46.6 Å². The Balaban J connectivity index is 1.38. The van der Waals surface area contributed by atoms with Gasteiger partial charge in [-0.05, 0) is 17.2 Å². The highest BCUT2D eigenvalue weighted by Gasteiger charge is 2.19. The molecule has 0 fully saturated rings. The minimum absolute atomic E-state index is 0.147. The molecule has 1 aromatic carbocycles. The Labute approximate surface area is 190 Å². The summed E-state index contributed by atoms with van der Waals surface area (Å²) in [6.07, 6.45) is 7.59. The second-order valence-corrected chi connectivity index (χ2v) is 8.78. The zero-order chi connectivity index (χ0) is 22.5. The number of benzene rings is 1. The van der Waals surface area contributed by atoms with Crippen molar-refractivity contribution in [2.45, 2.75) is 13.0 Å². The summed E-state index contributed by atoms with van der Waals surface area (Å²) in [4.78, 5) is 26.4. The van der Waals surface area contributed by atoms with Crippen molar-refractivity contribution in [1.29, 1.82) is 0 Å². The molecule has 6 aromatic rings. The molecular formula is C22H18N8O2S. The number of thiazole rings is 1. The third-order valence-electron chi connectivity index (χ3n) is 5.68. The summed E-state index contributed by atoms with van der Waals surface area (Å²) in [6.45, 7) is 0.362. The number of hydrogen-bond donors (Lipinski definition) is 1. The van der Waals surface area contributed by atoms with Gasteiger partial charge in [0.25, 0.3) is 5.56 Å². The molecule has 0 spiro atoms. The summed E-state index contributed by atoms with van der Waals surface area (Å²) in [7, 11) is 3.40. The number of H-pyrrole nitrogens is 1. The molecule has 10 nitrogen and oxygen atoms in total. The van der Waals surface area contributed by atoms with Crippen molar-refractivity contribution in [1.82, 2.24) is 39.5 Å². The van der Waals surface area contributed by atoms with Gasteiger partial charge in [0, 0.05) is 36.6 Å². The van der Waals surface area contributed by atoms with Crippen LogP contribution in [0.1, 0.15) is 16.1 Å². The van der Waals surface area contributed by atoms with Gasteiger partial charge in [0.05, 0.1) is 36.3 Å². The van der Waals surface area contributed by atoms with Crippen molar-refractivity contribution < 1.29 is 4.74 Å². The van der Waals surface area contributed by atoms with E-state index in [4.69, 9.17) is 9.72 Å². The van der Waals surface area contributed by atoms with Gasteiger partial charge in [-0.1, -0.05) is 12.1 Å². The fourth-order valence-electron chi connectivity index (χ4n) is 4.06. The number of methoxy groups -OCH3 is 1. The van der Waals surface area contributed by atoms with Gasteiger partial charge in [-0.15, -0.1) is 11.3 Å². The Morgan fingerprint density at radius 2 is 1.97 bits per heavy atom. The lowest BCUT2D eigenvalue weighted by atomic mass is 10.1. The highest BCUT2D eigenvalue weighted by atomic mass is 32.1. The number of nitrogens with one attached hydrogen (secondary N) is 1. The monoisotopic (exact) mass is 458 g/mol. The van der Waals surface area contributed by atoms with Crippen molar-refractivity contribution in [3.63, 3.8) is 0 Å². The number of hydrogen-bond acceptors (Lipinski definition) is 8. The topological polar surface area (TPSA) is 116 Å². The van der Waals surface area contributed by atoms with Crippen molar-refractivity contribution in [3.05, 3.63) is 69.5 Å². The number of fused-ring (bicyclic) bond motifs is 4. The van der Waals surface area contributed by atoms with Gasteiger partial charge in [-0.2, -0.15) is 10.2 Å². The quantitative estimate of drug-likeness (QED) is 0.422. The Morgan fingerprint density at radius 3 is 2.79 bits per heavy atom. The van der Waals surface area contributed by atoms with Crippen LogP contribution in [0.4, 0.5) is 0 Å². The molecule has 0 aliphatic heterocycles. The number of ether oxygens (including phenoxy) is 1. The summed E-state index contributed by atoms with van der Waals surface area (Å²) in [5, 5.41) is 14.2. The molecule has 0 aliphatic carbocycles. The summed E-state index contributed by atoms with van der Waals surface area (Å²) >= 11 is 1.55. The van der Waals surface area contributed by atoms with Gasteiger partial charge in [-0.25, -0.2) is 19.6 Å². The van der Waals surface area contributed by atoms with E-state index in [0.29, 0.717) is 24.5 Å². The zero-order valence-electron chi connectivity index (χ0n) is 17.8. The molecule has 0 atom stereocenters. The maximum Gasteiger partial charge on any atom is 0.316 e. The van der Waals surface area contributed by atoms with Crippen LogP contribution < -0.4 is 10.3 Å². The summed E-state index contributed by atoms with van der Waals surface area (Å²) in [5.74, 6) is 0. The number of aromatic nitrogens is 8. The fraction of sp³-hybridized carbons (Fsp3) is 0.182. The third-order valence-corrected chi connectivity index (χ3v) is 6.76. The molecule has 0 radical (unpaired) electrons. The average molecular weight is 459 g/mol. The molecular weight excluding hydrogens is 440 g/mol. The van der Waals surface area contributed by atoms with Crippen LogP contribution >= 0.6 is 11.3 Å². The molecule has 11 heteroatoms. The van der Waals surface area contributed by atoms with Crippen LogP contribution in [0, 0.1) is 0 Å². The van der Waals surface area contributed by atoms with E-state index in [-0.39, 0.29) is 5.56 Å². The molecule has 33 heavy (non-hydrogen) atoms. The maximum absolute atomic E-state index is 13.3. The number of rotatable bonds is 5. The van der Waals surface area contributed by atoms with Crippen LogP contribution in [-0.2, 0) is 20.0 Å². The first-order chi connectivity index (χ1) is 16.1. The lowest BCUT2D eigenvalue weighted by molar-refractivity contribution is 0.379. The van der Waals surface area contributed by atoms with E-state index in [1.807, 2.05) is 29.8 Å². The molecule has 5 heterocycles. The van der Waals surface area contributed by atoms with Crippen molar-refractivity contribution in [3.8, 4) is 6.01 Å². The van der Waals surface area contributed by atoms with E-state index in [1.54, 1.807) is 36.1 Å². The SMILES string of the molecule is COc1ncc(Cc2nc3c(s2)c2cnn(Cc4cccc5[nH]ncc45)c(=O)c2n3C)cn1. The smallest absolute Gasteiger partial charge is 0.316 e. The molecule has 0 saturated carbocycles. The normalized spacial score (nSPS) is 11.7. The van der Waals surface area contributed by atoms with Crippen LogP contribution in [0.15, 0.2) is 47.8 Å². The Hall–Kier alpha value is -4.12. The van der Waals surface area contributed by atoms with E-state index in [2.05, 4.69) is 25.3 Å². The first-order valence-corrected chi connectivity index (χ1v) is 11.0. The summed E-state index contributed by atoms with van der Waals surface area (Å²) in [6, 6.07) is 6.21. The van der Waals surface area contributed by atoms with Gasteiger partial charge in [0.15, 0.2) is 5.65 Å². The highest BCUT2D eigenvalue weighted by molar-refractivity contribution is 7.19. The molecule has 0 saturated heterocycles. The van der Waals surface area contributed by atoms with E-state index in [9.17, 15) is 4.79 Å². The second-order valence-electron chi connectivity index (χ2n) is 7.69. The lowest BCUT2D eigenvalue weighted by Crippen LogP contribution is -2.24. The third kappa shape index (κ3) is 3.16. The standard InChI is InChI=1S/C22H18N8O2S/c1-29-18-15(19-20(29)27-17(33-19)6-12-7-23-22(32-2)24-8-12)10-26-30(21(18)31)11-13-4-3-5-16-14(13)9-25-28-16/h3-5,7-10H,6,11H2,1-2H3,(H,25,28). The van der Waals surface area contributed by atoms with E-state index in [0.717, 1.165) is 42.8 Å². The molecule has 164 valence electrons. The van der Waals surface area contributed by atoms with E-state index in [1.165, 1.54) is 11.8 Å². The van der Waals surface area contributed by atoms with Gasteiger partial charge in [0.1, 0.15) is 10.5 Å². The first-order valence-electron chi connectivity index (χ1n) is 10.2. The molecule has 0 unspecified atom stereocenters. The Bertz CT molecular complexity index is 1690. The second kappa shape index (κ2) is 7.48. The fourth-order valence-corrected chi connectivity index (χ4v) is 5.20. The van der Waals surface area contributed by atoms with Crippen LogP contribution in [0.5, 0.6) is 6.01 Å². The Kier molecular flexibility index (Phi) is 4.44. The summed E-state index contributed by atoms with van der Waals surface area (Å²) in [5.41, 5.74) is 4.07.